The molecule has 0 bridgehead atoms. The fourth-order valence-corrected chi connectivity index (χ4v) is 4.81. The standard InChI is InChI=1S/C26H29N3O3/c1-17-6-4-12-27-24(17)22-8-3-9-23(25-18(2)7-5-13-28-25)29(22)15-20-11-10-19(26(31)32)14-21(20)16-30/h4-7,10-14,22-23,30H,3,8-9,15-16H2,1-2H3,(H,31,32)/t22-,23?/m1/s1. The Morgan fingerprint density at radius 3 is 2.06 bits per heavy atom. The van der Waals surface area contributed by atoms with Gasteiger partial charge in [-0.25, -0.2) is 4.79 Å². The number of aliphatic hydroxyl groups is 1. The van der Waals surface area contributed by atoms with Crippen molar-refractivity contribution in [2.75, 3.05) is 0 Å². The molecule has 0 saturated carbocycles. The zero-order valence-corrected chi connectivity index (χ0v) is 18.5. The van der Waals surface area contributed by atoms with E-state index >= 15 is 0 Å². The lowest BCUT2D eigenvalue weighted by Gasteiger charge is -2.43. The van der Waals surface area contributed by atoms with Crippen molar-refractivity contribution in [3.05, 3.63) is 94.1 Å². The molecule has 1 fully saturated rings. The summed E-state index contributed by atoms with van der Waals surface area (Å²) in [6, 6.07) is 13.3. The first-order valence-electron chi connectivity index (χ1n) is 11.0. The molecule has 1 saturated heterocycles. The minimum Gasteiger partial charge on any atom is -0.478 e. The van der Waals surface area contributed by atoms with Crippen LogP contribution in [0.3, 0.4) is 0 Å². The van der Waals surface area contributed by atoms with E-state index < -0.39 is 5.97 Å². The molecule has 1 aromatic carbocycles. The van der Waals surface area contributed by atoms with Crippen LogP contribution < -0.4 is 0 Å². The maximum absolute atomic E-state index is 11.4. The van der Waals surface area contributed by atoms with Gasteiger partial charge in [0.25, 0.3) is 0 Å². The molecule has 6 nitrogen and oxygen atoms in total. The van der Waals surface area contributed by atoms with Gasteiger partial charge in [0, 0.05) is 18.9 Å². The van der Waals surface area contributed by atoms with Crippen LogP contribution in [0, 0.1) is 13.8 Å². The van der Waals surface area contributed by atoms with Gasteiger partial charge in [-0.05, 0) is 79.6 Å². The van der Waals surface area contributed by atoms with Gasteiger partial charge >= 0.3 is 5.97 Å². The van der Waals surface area contributed by atoms with E-state index in [-0.39, 0.29) is 24.3 Å². The number of aromatic nitrogens is 2. The summed E-state index contributed by atoms with van der Waals surface area (Å²) in [4.78, 5) is 23.3. The first kappa shape index (κ1) is 22.1. The van der Waals surface area contributed by atoms with Gasteiger partial charge in [0.15, 0.2) is 0 Å². The van der Waals surface area contributed by atoms with Crippen LogP contribution in [0.5, 0.6) is 0 Å². The van der Waals surface area contributed by atoms with Crippen LogP contribution >= 0.6 is 0 Å². The average Bonchev–Trinajstić information content (AvgIpc) is 2.80. The van der Waals surface area contributed by atoms with Gasteiger partial charge in [0.05, 0.1) is 35.6 Å². The second-order valence-corrected chi connectivity index (χ2v) is 8.49. The summed E-state index contributed by atoms with van der Waals surface area (Å²) >= 11 is 0. The number of hydrogen-bond donors (Lipinski definition) is 2. The Kier molecular flexibility index (Phi) is 6.63. The molecule has 1 unspecified atom stereocenters. The van der Waals surface area contributed by atoms with Crippen molar-refractivity contribution >= 4 is 5.97 Å². The van der Waals surface area contributed by atoms with Crippen LogP contribution in [0.2, 0.25) is 0 Å². The molecule has 0 aliphatic carbocycles. The number of carboxylic acids is 1. The number of pyridine rings is 2. The van der Waals surface area contributed by atoms with E-state index in [0.29, 0.717) is 12.1 Å². The van der Waals surface area contributed by atoms with Crippen molar-refractivity contribution < 1.29 is 15.0 Å². The van der Waals surface area contributed by atoms with Gasteiger partial charge in [0.1, 0.15) is 0 Å². The third-order valence-electron chi connectivity index (χ3n) is 6.46. The van der Waals surface area contributed by atoms with E-state index in [9.17, 15) is 15.0 Å². The number of carbonyl (C=O) groups is 1. The van der Waals surface area contributed by atoms with E-state index in [1.807, 2.05) is 30.6 Å². The number of aromatic carboxylic acids is 1. The van der Waals surface area contributed by atoms with Gasteiger partial charge in [-0.2, -0.15) is 0 Å². The van der Waals surface area contributed by atoms with E-state index in [1.54, 1.807) is 12.1 Å². The molecular weight excluding hydrogens is 402 g/mol. The van der Waals surface area contributed by atoms with Gasteiger partial charge < -0.3 is 10.2 Å². The second-order valence-electron chi connectivity index (χ2n) is 8.49. The molecule has 2 N–H and O–H groups in total. The lowest BCUT2D eigenvalue weighted by molar-refractivity contribution is 0.0669. The Labute approximate surface area is 188 Å². The maximum Gasteiger partial charge on any atom is 0.335 e. The van der Waals surface area contributed by atoms with Gasteiger partial charge in [-0.3, -0.25) is 14.9 Å². The number of benzene rings is 1. The van der Waals surface area contributed by atoms with Crippen LogP contribution in [-0.4, -0.2) is 31.1 Å². The molecule has 6 heteroatoms. The van der Waals surface area contributed by atoms with Crippen molar-refractivity contribution in [3.63, 3.8) is 0 Å². The number of likely N-dealkylation sites (tertiary alicyclic amines) is 1. The van der Waals surface area contributed by atoms with Gasteiger partial charge in [0.2, 0.25) is 0 Å². The summed E-state index contributed by atoms with van der Waals surface area (Å²) < 4.78 is 0. The van der Waals surface area contributed by atoms with Crippen molar-refractivity contribution in [1.82, 2.24) is 14.9 Å². The van der Waals surface area contributed by atoms with E-state index in [4.69, 9.17) is 9.97 Å². The van der Waals surface area contributed by atoms with Crippen LogP contribution in [-0.2, 0) is 13.2 Å². The highest BCUT2D eigenvalue weighted by Crippen LogP contribution is 2.43. The second kappa shape index (κ2) is 9.59. The Hall–Kier alpha value is -3.09. The summed E-state index contributed by atoms with van der Waals surface area (Å²) in [5.41, 5.74) is 6.21. The Bertz CT molecular complexity index is 1060. The summed E-state index contributed by atoms with van der Waals surface area (Å²) in [7, 11) is 0. The number of nitrogens with zero attached hydrogens (tertiary/aromatic N) is 3. The summed E-state index contributed by atoms with van der Waals surface area (Å²) in [5, 5.41) is 19.3. The Balaban J connectivity index is 1.79. The minimum atomic E-state index is -0.992. The minimum absolute atomic E-state index is 0.113. The van der Waals surface area contributed by atoms with Gasteiger partial charge in [-0.1, -0.05) is 18.2 Å². The number of aryl methyl sites for hydroxylation is 2. The Morgan fingerprint density at radius 2 is 1.56 bits per heavy atom. The van der Waals surface area contributed by atoms with Crippen molar-refractivity contribution in [1.29, 1.82) is 0 Å². The van der Waals surface area contributed by atoms with Crippen LogP contribution in [0.15, 0.2) is 54.9 Å². The first-order chi connectivity index (χ1) is 15.5. The number of carboxylic acid groups (broad SMARTS) is 1. The maximum atomic E-state index is 11.4. The van der Waals surface area contributed by atoms with E-state index in [2.05, 4.69) is 30.9 Å². The van der Waals surface area contributed by atoms with Crippen LogP contribution in [0.1, 0.15) is 75.3 Å². The van der Waals surface area contributed by atoms with Crippen molar-refractivity contribution in [2.24, 2.45) is 0 Å². The monoisotopic (exact) mass is 431 g/mol. The van der Waals surface area contributed by atoms with E-state index in [1.165, 1.54) is 0 Å². The third kappa shape index (κ3) is 4.42. The van der Waals surface area contributed by atoms with Crippen LogP contribution in [0.25, 0.3) is 0 Å². The highest BCUT2D eigenvalue weighted by molar-refractivity contribution is 5.87. The molecule has 2 aromatic heterocycles. The molecule has 0 amide bonds. The largest absolute Gasteiger partial charge is 0.478 e. The molecule has 1 aliphatic heterocycles. The molecule has 32 heavy (non-hydrogen) atoms. The lowest BCUT2D eigenvalue weighted by atomic mass is 9.88. The molecule has 166 valence electrons. The topological polar surface area (TPSA) is 86.6 Å². The van der Waals surface area contributed by atoms with E-state index in [0.717, 1.165) is 47.3 Å². The fourth-order valence-electron chi connectivity index (χ4n) is 4.81. The van der Waals surface area contributed by atoms with Crippen LogP contribution in [0.4, 0.5) is 0 Å². The van der Waals surface area contributed by atoms with Gasteiger partial charge in [-0.15, -0.1) is 0 Å². The predicted octanol–water partition coefficient (Wildman–Crippen LogP) is 4.75. The molecule has 3 aromatic rings. The molecule has 0 spiro atoms. The highest BCUT2D eigenvalue weighted by Gasteiger charge is 2.35. The van der Waals surface area contributed by atoms with Crippen molar-refractivity contribution in [2.45, 2.75) is 58.3 Å². The lowest BCUT2D eigenvalue weighted by Crippen LogP contribution is -2.37. The molecular formula is C26H29N3O3. The number of rotatable bonds is 6. The number of piperidine rings is 1. The molecule has 3 heterocycles. The molecule has 1 aliphatic rings. The fraction of sp³-hybridized carbons (Fsp3) is 0.346. The molecule has 2 atom stereocenters. The quantitative estimate of drug-likeness (QED) is 0.586. The smallest absolute Gasteiger partial charge is 0.335 e. The third-order valence-corrected chi connectivity index (χ3v) is 6.46. The first-order valence-corrected chi connectivity index (χ1v) is 11.0. The summed E-state index contributed by atoms with van der Waals surface area (Å²) in [6.07, 6.45) is 6.74. The average molecular weight is 432 g/mol. The normalized spacial score (nSPS) is 19.1. The number of hydrogen-bond acceptors (Lipinski definition) is 5. The highest BCUT2D eigenvalue weighted by atomic mass is 16.4. The zero-order chi connectivity index (χ0) is 22.7. The molecule has 4 rings (SSSR count). The predicted molar refractivity (Wildman–Crippen MR) is 122 cm³/mol. The SMILES string of the molecule is Cc1cccnc1C1CCC[C@H](c2ncccc2C)N1Cc1ccc(C(=O)O)cc1CO. The molecule has 0 radical (unpaired) electrons. The summed E-state index contributed by atoms with van der Waals surface area (Å²) in [5.74, 6) is -0.992. The zero-order valence-electron chi connectivity index (χ0n) is 18.5. The summed E-state index contributed by atoms with van der Waals surface area (Å²) in [6.45, 7) is 4.57. The number of aliphatic hydroxyl groups excluding tert-OH is 1. The van der Waals surface area contributed by atoms with Crippen molar-refractivity contribution in [3.8, 4) is 0 Å². The Morgan fingerprint density at radius 1 is 0.969 bits per heavy atom.